The van der Waals surface area contributed by atoms with Crippen LogP contribution >= 0.6 is 11.3 Å². The van der Waals surface area contributed by atoms with E-state index in [0.717, 1.165) is 36.4 Å². The van der Waals surface area contributed by atoms with Gasteiger partial charge in [0.1, 0.15) is 5.75 Å². The standard InChI is InChI=1S/C29H31F3N4O3S/c1-19-17-34(13-14-36(19)28(38)33-22-5-3-4-21(16-22)29(30,31)32)26(37)18-35-12-10-25-24(11-15-40-25)27(35)20-6-8-23(39-2)9-7-20/h3-9,11,15-16,19,27H,10,12-14,17-18H2,1-2H3,(H,33,38)/t19-,27+/m0/s1. The normalized spacial score (nSPS) is 19.7. The van der Waals surface area contributed by atoms with Crippen molar-refractivity contribution in [2.24, 2.45) is 0 Å². The molecule has 0 spiro atoms. The zero-order valence-electron chi connectivity index (χ0n) is 22.3. The van der Waals surface area contributed by atoms with Gasteiger partial charge in [-0.3, -0.25) is 9.69 Å². The summed E-state index contributed by atoms with van der Waals surface area (Å²) in [6, 6.07) is 13.8. The third kappa shape index (κ3) is 5.95. The Balaban J connectivity index is 1.23. The van der Waals surface area contributed by atoms with Crippen molar-refractivity contribution < 1.29 is 27.5 Å². The largest absolute Gasteiger partial charge is 0.497 e. The number of hydrogen-bond acceptors (Lipinski definition) is 5. The van der Waals surface area contributed by atoms with Crippen molar-refractivity contribution >= 4 is 29.0 Å². The molecule has 212 valence electrons. The van der Waals surface area contributed by atoms with Crippen molar-refractivity contribution in [2.75, 3.05) is 45.2 Å². The molecule has 7 nitrogen and oxygen atoms in total. The van der Waals surface area contributed by atoms with Crippen molar-refractivity contribution in [2.45, 2.75) is 31.6 Å². The molecule has 0 unspecified atom stereocenters. The molecule has 0 radical (unpaired) electrons. The van der Waals surface area contributed by atoms with Crippen LogP contribution in [0.15, 0.2) is 60.0 Å². The van der Waals surface area contributed by atoms with Gasteiger partial charge in [-0.15, -0.1) is 11.3 Å². The van der Waals surface area contributed by atoms with Gasteiger partial charge in [-0.2, -0.15) is 13.2 Å². The van der Waals surface area contributed by atoms with Crippen LogP contribution in [0.2, 0.25) is 0 Å². The highest BCUT2D eigenvalue weighted by molar-refractivity contribution is 7.10. The number of nitrogens with zero attached hydrogens (tertiary/aromatic N) is 3. The molecule has 1 saturated heterocycles. The maximum atomic E-state index is 13.5. The number of rotatable bonds is 5. The Morgan fingerprint density at radius 3 is 2.55 bits per heavy atom. The molecule has 3 heterocycles. The summed E-state index contributed by atoms with van der Waals surface area (Å²) in [5, 5.41) is 4.67. The minimum Gasteiger partial charge on any atom is -0.497 e. The summed E-state index contributed by atoms with van der Waals surface area (Å²) >= 11 is 1.74. The van der Waals surface area contributed by atoms with E-state index < -0.39 is 17.8 Å². The van der Waals surface area contributed by atoms with Gasteiger partial charge in [0.2, 0.25) is 5.91 Å². The van der Waals surface area contributed by atoms with Gasteiger partial charge >= 0.3 is 12.2 Å². The Hall–Kier alpha value is -3.57. The summed E-state index contributed by atoms with van der Waals surface area (Å²) in [7, 11) is 1.63. The number of alkyl halides is 3. The lowest BCUT2D eigenvalue weighted by atomic mass is 9.93. The minimum absolute atomic E-state index is 0.0121. The topological polar surface area (TPSA) is 65.1 Å². The van der Waals surface area contributed by atoms with Crippen molar-refractivity contribution in [1.29, 1.82) is 0 Å². The summed E-state index contributed by atoms with van der Waals surface area (Å²) in [6.45, 7) is 3.82. The summed E-state index contributed by atoms with van der Waals surface area (Å²) in [6.07, 6.45) is -3.61. The van der Waals surface area contributed by atoms with E-state index in [0.29, 0.717) is 13.1 Å². The summed E-state index contributed by atoms with van der Waals surface area (Å²) in [5.41, 5.74) is 1.57. The molecule has 5 rings (SSSR count). The van der Waals surface area contributed by atoms with Gasteiger partial charge in [-0.25, -0.2) is 4.79 Å². The van der Waals surface area contributed by atoms with Gasteiger partial charge < -0.3 is 19.9 Å². The fourth-order valence-electron chi connectivity index (χ4n) is 5.44. The molecule has 3 amide bonds. The molecule has 40 heavy (non-hydrogen) atoms. The van der Waals surface area contributed by atoms with E-state index in [1.165, 1.54) is 22.6 Å². The van der Waals surface area contributed by atoms with Crippen LogP contribution in [0.3, 0.4) is 0 Å². The lowest BCUT2D eigenvalue weighted by Crippen LogP contribution is -2.58. The van der Waals surface area contributed by atoms with E-state index in [2.05, 4.69) is 21.7 Å². The van der Waals surface area contributed by atoms with Crippen molar-refractivity contribution in [3.63, 3.8) is 0 Å². The minimum atomic E-state index is -4.49. The van der Waals surface area contributed by atoms with Crippen LogP contribution in [0.4, 0.5) is 23.7 Å². The highest BCUT2D eigenvalue weighted by Crippen LogP contribution is 2.38. The van der Waals surface area contributed by atoms with Crippen LogP contribution in [0.25, 0.3) is 0 Å². The van der Waals surface area contributed by atoms with Crippen LogP contribution in [0.1, 0.15) is 34.5 Å². The number of urea groups is 1. The number of halogens is 3. The second-order valence-electron chi connectivity index (χ2n) is 10.1. The molecular formula is C29H31F3N4O3S. The molecule has 2 aliphatic heterocycles. The number of fused-ring (bicyclic) bond motifs is 1. The second kappa shape index (κ2) is 11.5. The number of carbonyl (C=O) groups is 2. The summed E-state index contributed by atoms with van der Waals surface area (Å²) in [5.74, 6) is 0.763. The predicted octanol–water partition coefficient (Wildman–Crippen LogP) is 5.49. The fraction of sp³-hybridized carbons (Fsp3) is 0.379. The number of nitrogens with one attached hydrogen (secondary N) is 1. The van der Waals surface area contributed by atoms with E-state index in [-0.39, 0.29) is 36.8 Å². The number of benzene rings is 2. The lowest BCUT2D eigenvalue weighted by molar-refractivity contribution is -0.137. The number of ether oxygens (including phenoxy) is 1. The number of hydrogen-bond donors (Lipinski definition) is 1. The van der Waals surface area contributed by atoms with E-state index in [1.807, 2.05) is 31.2 Å². The van der Waals surface area contributed by atoms with Crippen molar-refractivity contribution in [3.8, 4) is 5.75 Å². The molecule has 0 bridgehead atoms. The quantitative estimate of drug-likeness (QED) is 0.440. The lowest BCUT2D eigenvalue weighted by Gasteiger charge is -2.41. The predicted molar refractivity (Wildman–Crippen MR) is 148 cm³/mol. The van der Waals surface area contributed by atoms with Crippen LogP contribution in [0.5, 0.6) is 5.75 Å². The van der Waals surface area contributed by atoms with Crippen molar-refractivity contribution in [3.05, 3.63) is 81.5 Å². The maximum Gasteiger partial charge on any atom is 0.416 e. The Kier molecular flexibility index (Phi) is 8.04. The van der Waals surface area contributed by atoms with Crippen LogP contribution in [-0.2, 0) is 17.4 Å². The molecule has 3 aromatic rings. The van der Waals surface area contributed by atoms with Gasteiger partial charge in [0.25, 0.3) is 0 Å². The van der Waals surface area contributed by atoms with Gasteiger partial charge in [-0.05, 0) is 66.2 Å². The first-order chi connectivity index (χ1) is 19.1. The van der Waals surface area contributed by atoms with Gasteiger partial charge in [0.15, 0.2) is 0 Å². The molecule has 0 aliphatic carbocycles. The fourth-order valence-corrected chi connectivity index (χ4v) is 6.35. The zero-order valence-corrected chi connectivity index (χ0v) is 23.1. The van der Waals surface area contributed by atoms with E-state index in [9.17, 15) is 22.8 Å². The molecule has 11 heteroatoms. The van der Waals surface area contributed by atoms with Gasteiger partial charge in [0.05, 0.1) is 25.3 Å². The number of thiophene rings is 1. The zero-order chi connectivity index (χ0) is 28.4. The monoisotopic (exact) mass is 572 g/mol. The van der Waals surface area contributed by atoms with Crippen LogP contribution in [0, 0.1) is 0 Å². The Bertz CT molecular complexity index is 1360. The Labute approximate surface area is 235 Å². The highest BCUT2D eigenvalue weighted by Gasteiger charge is 2.35. The van der Waals surface area contributed by atoms with Crippen LogP contribution in [-0.4, -0.2) is 72.5 Å². The Morgan fingerprint density at radius 2 is 1.85 bits per heavy atom. The van der Waals surface area contributed by atoms with Gasteiger partial charge in [-0.1, -0.05) is 18.2 Å². The summed E-state index contributed by atoms with van der Waals surface area (Å²) in [4.78, 5) is 33.2. The number of carbonyl (C=O) groups excluding carboxylic acids is 2. The maximum absolute atomic E-state index is 13.5. The van der Waals surface area contributed by atoms with E-state index >= 15 is 0 Å². The first kappa shape index (κ1) is 28.0. The molecule has 1 fully saturated rings. The van der Waals surface area contributed by atoms with Crippen LogP contribution < -0.4 is 10.1 Å². The number of methoxy groups -OCH3 is 1. The summed E-state index contributed by atoms with van der Waals surface area (Å²) < 4.78 is 44.5. The molecule has 1 aromatic heterocycles. The van der Waals surface area contributed by atoms with E-state index in [1.54, 1.807) is 28.2 Å². The van der Waals surface area contributed by atoms with E-state index in [4.69, 9.17) is 4.74 Å². The highest BCUT2D eigenvalue weighted by atomic mass is 32.1. The van der Waals surface area contributed by atoms with Gasteiger partial charge in [0, 0.05) is 42.8 Å². The van der Waals surface area contributed by atoms with Crippen molar-refractivity contribution in [1.82, 2.24) is 14.7 Å². The second-order valence-corrected chi connectivity index (χ2v) is 11.1. The number of anilines is 1. The third-order valence-electron chi connectivity index (χ3n) is 7.52. The third-order valence-corrected chi connectivity index (χ3v) is 8.51. The number of amides is 3. The Morgan fingerprint density at radius 1 is 1.07 bits per heavy atom. The smallest absolute Gasteiger partial charge is 0.416 e. The molecule has 2 atom stereocenters. The first-order valence-electron chi connectivity index (χ1n) is 13.1. The average molecular weight is 573 g/mol. The molecule has 2 aromatic carbocycles. The molecule has 2 aliphatic rings. The SMILES string of the molecule is COc1ccc([C@@H]2c3ccsc3CCN2CC(=O)N2CCN(C(=O)Nc3cccc(C(F)(F)F)c3)[C@@H](C)C2)cc1. The average Bonchev–Trinajstić information content (AvgIpc) is 3.41. The molecule has 1 N–H and O–H groups in total. The number of piperazine rings is 1. The molecular weight excluding hydrogens is 541 g/mol. The molecule has 0 saturated carbocycles. The first-order valence-corrected chi connectivity index (χ1v) is 14.0.